The van der Waals surface area contributed by atoms with Crippen molar-refractivity contribution in [3.63, 3.8) is 0 Å². The summed E-state index contributed by atoms with van der Waals surface area (Å²) in [4.78, 5) is 12.6. The molecule has 0 aliphatic rings. The number of rotatable bonds is 2. The van der Waals surface area contributed by atoms with Crippen LogP contribution in [-0.4, -0.2) is 10.1 Å². The van der Waals surface area contributed by atoms with Gasteiger partial charge < -0.3 is 10.8 Å². The van der Waals surface area contributed by atoms with Crippen LogP contribution in [0, 0.1) is 0 Å². The number of nitrogens with one attached hydrogen (secondary N) is 1. The molecule has 4 nitrogen and oxygen atoms in total. The molecule has 0 saturated carbocycles. The van der Waals surface area contributed by atoms with Crippen LogP contribution in [0.1, 0.15) is 17.6 Å². The first-order valence-corrected chi connectivity index (χ1v) is 3.49. The fourth-order valence-electron chi connectivity index (χ4n) is 1.02. The molecule has 0 fully saturated rings. The van der Waals surface area contributed by atoms with Gasteiger partial charge in [-0.3, -0.25) is 9.78 Å². The number of H-pyrrole nitrogens is 1. The van der Waals surface area contributed by atoms with Crippen molar-refractivity contribution >= 4 is 0 Å². The number of hydrogen-bond acceptors (Lipinski definition) is 3. The highest BCUT2D eigenvalue weighted by Crippen LogP contribution is 2.27. The molecule has 1 heterocycles. The fraction of sp³-hybridized carbons (Fsp3) is 0.286. The second-order valence-electron chi connectivity index (χ2n) is 2.43. The number of alkyl halides is 2. The summed E-state index contributed by atoms with van der Waals surface area (Å²) in [5.41, 5.74) is 3.82. The van der Waals surface area contributed by atoms with Crippen molar-refractivity contribution in [3.05, 3.63) is 27.5 Å². The van der Waals surface area contributed by atoms with Gasteiger partial charge in [0.15, 0.2) is 0 Å². The molecular formula is C7H8F2N2O2. The third kappa shape index (κ3) is 1.83. The Morgan fingerprint density at radius 3 is 2.69 bits per heavy atom. The van der Waals surface area contributed by atoms with E-state index in [0.29, 0.717) is 0 Å². The molecule has 0 aliphatic heterocycles. The Morgan fingerprint density at radius 2 is 2.23 bits per heavy atom. The minimum Gasteiger partial charge on any atom is -0.494 e. The molecule has 1 aromatic heterocycles. The molecule has 0 bridgehead atoms. The van der Waals surface area contributed by atoms with E-state index in [1.54, 1.807) is 0 Å². The van der Waals surface area contributed by atoms with Crippen LogP contribution in [0.4, 0.5) is 8.78 Å². The summed E-state index contributed by atoms with van der Waals surface area (Å²) in [7, 11) is 0. The zero-order valence-electron chi connectivity index (χ0n) is 6.55. The first-order chi connectivity index (χ1) is 6.06. The summed E-state index contributed by atoms with van der Waals surface area (Å²) in [6, 6.07) is 0.946. The van der Waals surface area contributed by atoms with Gasteiger partial charge in [0.2, 0.25) is 5.88 Å². The van der Waals surface area contributed by atoms with E-state index in [9.17, 15) is 13.6 Å². The topological polar surface area (TPSA) is 79.1 Å². The number of aromatic hydroxyl groups is 1. The van der Waals surface area contributed by atoms with Crippen molar-refractivity contribution < 1.29 is 13.9 Å². The summed E-state index contributed by atoms with van der Waals surface area (Å²) in [5.74, 6) is -0.817. The number of nitrogens with two attached hydrogens (primary N) is 1. The Morgan fingerprint density at radius 1 is 1.62 bits per heavy atom. The van der Waals surface area contributed by atoms with Gasteiger partial charge in [0.25, 0.3) is 12.0 Å². The lowest BCUT2D eigenvalue weighted by Gasteiger charge is -2.07. The second-order valence-corrected chi connectivity index (χ2v) is 2.43. The van der Waals surface area contributed by atoms with Crippen LogP contribution in [0.3, 0.4) is 0 Å². The number of halogens is 2. The summed E-state index contributed by atoms with van der Waals surface area (Å²) in [5, 5.41) is 8.98. The normalized spacial score (nSPS) is 10.8. The minimum atomic E-state index is -2.85. The van der Waals surface area contributed by atoms with Crippen molar-refractivity contribution in [2.45, 2.75) is 13.0 Å². The van der Waals surface area contributed by atoms with Crippen molar-refractivity contribution in [2.24, 2.45) is 5.73 Å². The molecule has 1 aromatic rings. The van der Waals surface area contributed by atoms with Crippen molar-refractivity contribution in [1.82, 2.24) is 4.98 Å². The monoisotopic (exact) mass is 190 g/mol. The number of aromatic amines is 1. The van der Waals surface area contributed by atoms with Crippen molar-refractivity contribution in [3.8, 4) is 5.88 Å². The van der Waals surface area contributed by atoms with Gasteiger partial charge in [-0.2, -0.15) is 0 Å². The Balaban J connectivity index is 3.38. The molecule has 6 heteroatoms. The third-order valence-corrected chi connectivity index (χ3v) is 1.59. The lowest BCUT2D eigenvalue weighted by molar-refractivity contribution is 0.145. The maximum absolute atomic E-state index is 12.3. The van der Waals surface area contributed by atoms with Crippen LogP contribution in [-0.2, 0) is 6.54 Å². The highest BCUT2D eigenvalue weighted by Gasteiger charge is 2.18. The molecule has 0 spiro atoms. The highest BCUT2D eigenvalue weighted by atomic mass is 19.3. The zero-order chi connectivity index (χ0) is 10.0. The Kier molecular flexibility index (Phi) is 2.62. The average Bonchev–Trinajstić information content (AvgIpc) is 2.01. The first kappa shape index (κ1) is 9.66. The van der Waals surface area contributed by atoms with Crippen LogP contribution < -0.4 is 11.3 Å². The molecule has 0 amide bonds. The van der Waals surface area contributed by atoms with Crippen molar-refractivity contribution in [2.75, 3.05) is 0 Å². The highest BCUT2D eigenvalue weighted by molar-refractivity contribution is 5.34. The molecule has 0 unspecified atom stereocenters. The van der Waals surface area contributed by atoms with E-state index in [0.717, 1.165) is 6.07 Å². The van der Waals surface area contributed by atoms with E-state index in [1.165, 1.54) is 0 Å². The maximum Gasteiger partial charge on any atom is 0.269 e. The number of aromatic nitrogens is 1. The van der Waals surface area contributed by atoms with E-state index in [2.05, 4.69) is 0 Å². The largest absolute Gasteiger partial charge is 0.494 e. The van der Waals surface area contributed by atoms with E-state index < -0.39 is 23.4 Å². The predicted octanol–water partition coefficient (Wildman–Crippen LogP) is 0.477. The molecule has 0 aliphatic carbocycles. The SMILES string of the molecule is NCc1cc(=O)[nH]c(O)c1C(F)F. The molecule has 0 radical (unpaired) electrons. The molecular weight excluding hydrogens is 182 g/mol. The number of pyridine rings is 1. The minimum absolute atomic E-state index is 0.0451. The molecule has 13 heavy (non-hydrogen) atoms. The van der Waals surface area contributed by atoms with Gasteiger partial charge in [-0.05, 0) is 5.56 Å². The number of hydrogen-bond donors (Lipinski definition) is 3. The molecule has 0 atom stereocenters. The average molecular weight is 190 g/mol. The van der Waals surface area contributed by atoms with Gasteiger partial charge in [0, 0.05) is 12.6 Å². The Bertz CT molecular complexity index is 362. The van der Waals surface area contributed by atoms with Crippen LogP contribution in [0.5, 0.6) is 5.88 Å². The first-order valence-electron chi connectivity index (χ1n) is 3.49. The fourth-order valence-corrected chi connectivity index (χ4v) is 1.02. The standard InChI is InChI=1S/C7H8F2N2O2/c8-6(9)5-3(2-10)1-4(12)11-7(5)13/h1,6H,2,10H2,(H2,11,12,13). The molecule has 0 saturated heterocycles. The molecule has 1 rings (SSSR count). The molecule has 72 valence electrons. The Hall–Kier alpha value is -1.43. The predicted molar refractivity (Wildman–Crippen MR) is 41.6 cm³/mol. The molecule has 0 aromatic carbocycles. The van der Waals surface area contributed by atoms with Crippen LogP contribution in [0.25, 0.3) is 0 Å². The van der Waals surface area contributed by atoms with Gasteiger partial charge in [-0.15, -0.1) is 0 Å². The lowest BCUT2D eigenvalue weighted by atomic mass is 10.1. The van der Waals surface area contributed by atoms with Gasteiger partial charge in [-0.25, -0.2) is 8.78 Å². The zero-order valence-corrected chi connectivity index (χ0v) is 6.55. The van der Waals surface area contributed by atoms with Gasteiger partial charge in [0.1, 0.15) is 0 Å². The second kappa shape index (κ2) is 3.53. The lowest BCUT2D eigenvalue weighted by Crippen LogP contribution is -2.12. The van der Waals surface area contributed by atoms with E-state index in [4.69, 9.17) is 10.8 Å². The van der Waals surface area contributed by atoms with Crippen LogP contribution in [0.15, 0.2) is 10.9 Å². The summed E-state index contributed by atoms with van der Waals surface area (Å²) in [6.07, 6.45) is -2.85. The van der Waals surface area contributed by atoms with Gasteiger partial charge in [0.05, 0.1) is 5.56 Å². The summed E-state index contributed by atoms with van der Waals surface area (Å²) >= 11 is 0. The van der Waals surface area contributed by atoms with E-state index in [1.807, 2.05) is 4.98 Å². The smallest absolute Gasteiger partial charge is 0.269 e. The van der Waals surface area contributed by atoms with Gasteiger partial charge >= 0.3 is 0 Å². The van der Waals surface area contributed by atoms with Crippen LogP contribution >= 0.6 is 0 Å². The van der Waals surface area contributed by atoms with E-state index >= 15 is 0 Å². The molecule has 4 N–H and O–H groups in total. The van der Waals surface area contributed by atoms with Gasteiger partial charge in [-0.1, -0.05) is 0 Å². The Labute approximate surface area is 72.0 Å². The maximum atomic E-state index is 12.3. The third-order valence-electron chi connectivity index (χ3n) is 1.59. The van der Waals surface area contributed by atoms with E-state index in [-0.39, 0.29) is 12.1 Å². The summed E-state index contributed by atoms with van der Waals surface area (Å²) < 4.78 is 24.5. The summed E-state index contributed by atoms with van der Waals surface area (Å²) in [6.45, 7) is -0.211. The van der Waals surface area contributed by atoms with Crippen LogP contribution in [0.2, 0.25) is 0 Å². The quantitative estimate of drug-likeness (QED) is 0.634. The van der Waals surface area contributed by atoms with Crippen molar-refractivity contribution in [1.29, 1.82) is 0 Å².